The molecule has 0 spiro atoms. The number of ketones is 1. The molecule has 2 N–H and O–H groups in total. The molecule has 0 saturated carbocycles. The van der Waals surface area contributed by atoms with Crippen molar-refractivity contribution in [3.8, 4) is 0 Å². The van der Waals surface area contributed by atoms with E-state index < -0.39 is 0 Å². The van der Waals surface area contributed by atoms with E-state index in [2.05, 4.69) is 21.8 Å². The molecule has 2 bridgehead atoms. The molecule has 27 heavy (non-hydrogen) atoms. The van der Waals surface area contributed by atoms with Gasteiger partial charge in [-0.3, -0.25) is 4.79 Å². The summed E-state index contributed by atoms with van der Waals surface area (Å²) in [4.78, 5) is 22.0. The monoisotopic (exact) mass is 392 g/mol. The van der Waals surface area contributed by atoms with E-state index in [-0.39, 0.29) is 18.2 Å². The smallest absolute Gasteiger partial charge is 0.164 e. The van der Waals surface area contributed by atoms with Gasteiger partial charge in [0.25, 0.3) is 0 Å². The Labute approximate surface area is 169 Å². The van der Waals surface area contributed by atoms with Gasteiger partial charge in [-0.05, 0) is 83.1 Å². The molecule has 5 nitrogen and oxygen atoms in total. The lowest BCUT2D eigenvalue weighted by Gasteiger charge is -2.38. The summed E-state index contributed by atoms with van der Waals surface area (Å²) in [7, 11) is 2.18. The first-order valence-corrected chi connectivity index (χ1v) is 10.3. The number of likely N-dealkylation sites (tertiary alicyclic amines) is 1. The van der Waals surface area contributed by atoms with Gasteiger partial charge in [0.05, 0.1) is 0 Å². The van der Waals surface area contributed by atoms with Gasteiger partial charge < -0.3 is 15.5 Å². The fourth-order valence-electron chi connectivity index (χ4n) is 5.13. The van der Waals surface area contributed by atoms with Crippen LogP contribution >= 0.6 is 12.4 Å². The zero-order chi connectivity index (χ0) is 18.1. The molecule has 6 heteroatoms. The summed E-state index contributed by atoms with van der Waals surface area (Å²) in [6.45, 7) is 2.33. The second-order valence-corrected chi connectivity index (χ2v) is 8.64. The van der Waals surface area contributed by atoms with Crippen LogP contribution in [0, 0.1) is 5.92 Å². The van der Waals surface area contributed by atoms with Crippen molar-refractivity contribution >= 4 is 24.0 Å². The highest BCUT2D eigenvalue weighted by atomic mass is 35.5. The van der Waals surface area contributed by atoms with Gasteiger partial charge in [0.15, 0.2) is 5.78 Å². The Balaban J connectivity index is 0.00000210. The molecular weight excluding hydrogens is 360 g/mol. The average Bonchev–Trinajstić information content (AvgIpc) is 2.92. The van der Waals surface area contributed by atoms with Crippen molar-refractivity contribution in [3.63, 3.8) is 0 Å². The molecule has 150 valence electrons. The number of halogens is 1. The summed E-state index contributed by atoms with van der Waals surface area (Å²) in [6, 6.07) is 5.42. The maximum absolute atomic E-state index is 12.5. The van der Waals surface area contributed by atoms with Crippen LogP contribution in [0.2, 0.25) is 0 Å². The Hall–Kier alpha value is -1.17. The van der Waals surface area contributed by atoms with Crippen LogP contribution in [-0.2, 0) is 0 Å². The third-order valence-electron chi connectivity index (χ3n) is 6.72. The van der Waals surface area contributed by atoms with Gasteiger partial charge in [0.2, 0.25) is 0 Å². The van der Waals surface area contributed by atoms with E-state index in [0.29, 0.717) is 30.5 Å². The number of pyridine rings is 1. The molecule has 0 unspecified atom stereocenters. The number of nitrogens with zero attached hydrogens (tertiary/aromatic N) is 3. The summed E-state index contributed by atoms with van der Waals surface area (Å²) in [5.41, 5.74) is 6.93. The molecular formula is C21H33ClN4O. The number of Topliss-reactive ketones (excluding diaryl/α,β-unsaturated/α-hetero) is 1. The Morgan fingerprint density at radius 3 is 2.41 bits per heavy atom. The third-order valence-corrected chi connectivity index (χ3v) is 6.72. The number of carbonyl (C=O) groups excluding carboxylic acids is 1. The van der Waals surface area contributed by atoms with Crippen LogP contribution in [0.3, 0.4) is 0 Å². The normalized spacial score (nSPS) is 28.8. The van der Waals surface area contributed by atoms with Crippen LogP contribution in [0.4, 0.5) is 5.82 Å². The van der Waals surface area contributed by atoms with Gasteiger partial charge in [0.1, 0.15) is 5.82 Å². The third kappa shape index (κ3) is 4.64. The SMILES string of the molecule is CN1CCC(CCC(=O)c2ccc(N3[C@@H]4CC[C@H]3C[C@@H](N)C4)nc2)CC1.Cl. The summed E-state index contributed by atoms with van der Waals surface area (Å²) >= 11 is 0. The van der Waals surface area contributed by atoms with Gasteiger partial charge in [-0.2, -0.15) is 0 Å². The molecule has 0 aliphatic carbocycles. The fraction of sp³-hybridized carbons (Fsp3) is 0.714. The Morgan fingerprint density at radius 1 is 1.15 bits per heavy atom. The highest BCUT2D eigenvalue weighted by molar-refractivity contribution is 5.95. The topological polar surface area (TPSA) is 62.5 Å². The van der Waals surface area contributed by atoms with Gasteiger partial charge in [0, 0.05) is 36.3 Å². The summed E-state index contributed by atoms with van der Waals surface area (Å²) < 4.78 is 0. The van der Waals surface area contributed by atoms with Gasteiger partial charge in [-0.25, -0.2) is 4.98 Å². The van der Waals surface area contributed by atoms with Crippen molar-refractivity contribution in [1.82, 2.24) is 9.88 Å². The molecule has 4 rings (SSSR count). The number of hydrogen-bond acceptors (Lipinski definition) is 5. The van der Waals surface area contributed by atoms with Gasteiger partial charge >= 0.3 is 0 Å². The maximum atomic E-state index is 12.5. The first-order chi connectivity index (χ1) is 12.6. The van der Waals surface area contributed by atoms with Crippen molar-refractivity contribution in [1.29, 1.82) is 0 Å². The van der Waals surface area contributed by atoms with Gasteiger partial charge in [-0.1, -0.05) is 0 Å². The molecule has 1 aromatic heterocycles. The van der Waals surface area contributed by atoms with E-state index in [4.69, 9.17) is 5.73 Å². The number of nitrogens with two attached hydrogens (primary N) is 1. The number of fused-ring (bicyclic) bond motifs is 2. The first-order valence-electron chi connectivity index (χ1n) is 10.3. The fourth-order valence-corrected chi connectivity index (χ4v) is 5.13. The maximum Gasteiger partial charge on any atom is 0.164 e. The number of carbonyl (C=O) groups is 1. The van der Waals surface area contributed by atoms with E-state index in [1.807, 2.05) is 12.1 Å². The van der Waals surface area contributed by atoms with Gasteiger partial charge in [-0.15, -0.1) is 12.4 Å². The Kier molecular flexibility index (Phi) is 6.77. The van der Waals surface area contributed by atoms with Crippen LogP contribution in [0.25, 0.3) is 0 Å². The van der Waals surface area contributed by atoms with Crippen LogP contribution in [0.5, 0.6) is 0 Å². The van der Waals surface area contributed by atoms with E-state index in [1.165, 1.54) is 25.7 Å². The zero-order valence-corrected chi connectivity index (χ0v) is 17.2. The average molecular weight is 393 g/mol. The lowest BCUT2D eigenvalue weighted by atomic mass is 9.91. The van der Waals surface area contributed by atoms with E-state index in [1.54, 1.807) is 6.20 Å². The zero-order valence-electron chi connectivity index (χ0n) is 16.3. The van der Waals surface area contributed by atoms with Crippen molar-refractivity contribution in [2.24, 2.45) is 11.7 Å². The lowest BCUT2D eigenvalue weighted by molar-refractivity contribution is 0.0965. The number of piperidine rings is 2. The second kappa shape index (κ2) is 8.89. The van der Waals surface area contributed by atoms with E-state index in [9.17, 15) is 4.79 Å². The van der Waals surface area contributed by atoms with Crippen molar-refractivity contribution in [2.75, 3.05) is 25.0 Å². The Bertz CT molecular complexity index is 616. The molecule has 3 atom stereocenters. The minimum atomic E-state index is 0. The molecule has 0 amide bonds. The predicted molar refractivity (Wildman–Crippen MR) is 112 cm³/mol. The van der Waals surface area contributed by atoms with Crippen LogP contribution < -0.4 is 10.6 Å². The quantitative estimate of drug-likeness (QED) is 0.779. The van der Waals surface area contributed by atoms with Crippen molar-refractivity contribution in [2.45, 2.75) is 69.5 Å². The van der Waals surface area contributed by atoms with Crippen LogP contribution in [-0.4, -0.2) is 53.9 Å². The molecule has 1 aromatic rings. The lowest BCUT2D eigenvalue weighted by Crippen LogP contribution is -2.47. The van der Waals surface area contributed by atoms with Crippen molar-refractivity contribution < 1.29 is 4.79 Å². The number of hydrogen-bond donors (Lipinski definition) is 1. The summed E-state index contributed by atoms with van der Waals surface area (Å²) in [6.07, 6.45) is 10.5. The van der Waals surface area contributed by atoms with Crippen molar-refractivity contribution in [3.05, 3.63) is 23.9 Å². The first kappa shape index (κ1) is 20.6. The summed E-state index contributed by atoms with van der Waals surface area (Å²) in [5.74, 6) is 1.97. The molecule has 4 heterocycles. The largest absolute Gasteiger partial charge is 0.351 e. The molecule has 3 aliphatic rings. The van der Waals surface area contributed by atoms with Crippen LogP contribution in [0.15, 0.2) is 18.3 Å². The number of anilines is 1. The minimum absolute atomic E-state index is 0. The number of rotatable bonds is 5. The molecule has 0 aromatic carbocycles. The summed E-state index contributed by atoms with van der Waals surface area (Å²) in [5, 5.41) is 0. The van der Waals surface area contributed by atoms with Crippen LogP contribution in [0.1, 0.15) is 61.7 Å². The number of aromatic nitrogens is 1. The molecule has 3 fully saturated rings. The second-order valence-electron chi connectivity index (χ2n) is 8.64. The predicted octanol–water partition coefficient (Wildman–Crippen LogP) is 3.27. The standard InChI is InChI=1S/C21H32N4O.ClH/c1-24-10-8-15(9-11-24)2-6-20(26)16-3-7-21(23-14-16)25-18-4-5-19(25)13-17(22)12-18;/h3,7,14-15,17-19H,2,4-6,8-13,22H2,1H3;1H/t17-,18+,19-;. The highest BCUT2D eigenvalue weighted by Crippen LogP contribution is 2.38. The minimum Gasteiger partial charge on any atom is -0.351 e. The molecule has 3 saturated heterocycles. The van der Waals surface area contributed by atoms with E-state index >= 15 is 0 Å². The van der Waals surface area contributed by atoms with E-state index in [0.717, 1.165) is 43.7 Å². The molecule has 0 radical (unpaired) electrons. The Morgan fingerprint density at radius 2 is 1.81 bits per heavy atom. The highest BCUT2D eigenvalue weighted by Gasteiger charge is 2.40. The molecule has 3 aliphatic heterocycles.